The highest BCUT2D eigenvalue weighted by molar-refractivity contribution is 6.42. The number of nitrogens with one attached hydrogen (secondary N) is 1. The van der Waals surface area contributed by atoms with Gasteiger partial charge in [0.15, 0.2) is 0 Å². The van der Waals surface area contributed by atoms with Crippen molar-refractivity contribution >= 4 is 35.2 Å². The third kappa shape index (κ3) is 5.63. The van der Waals surface area contributed by atoms with Crippen molar-refractivity contribution in [3.8, 4) is 17.4 Å². The molecule has 0 bridgehead atoms. The molecule has 0 fully saturated rings. The third-order valence-electron chi connectivity index (χ3n) is 3.44. The number of benzene rings is 1. The van der Waals surface area contributed by atoms with E-state index in [4.69, 9.17) is 32.4 Å². The Kier molecular flexibility index (Phi) is 7.73. The van der Waals surface area contributed by atoms with Crippen LogP contribution in [0, 0.1) is 11.3 Å². The van der Waals surface area contributed by atoms with Gasteiger partial charge in [-0.15, -0.1) is 0 Å². The third-order valence-corrected chi connectivity index (χ3v) is 4.18. The van der Waals surface area contributed by atoms with Gasteiger partial charge in [0.1, 0.15) is 23.2 Å². The normalized spacial score (nSPS) is 11.2. The van der Waals surface area contributed by atoms with E-state index < -0.39 is 5.91 Å². The van der Waals surface area contributed by atoms with Crippen molar-refractivity contribution < 1.29 is 13.9 Å². The lowest BCUT2D eigenvalue weighted by molar-refractivity contribution is -0.117. The number of ether oxygens (including phenoxy) is 1. The molecule has 0 atom stereocenters. The molecule has 1 N–H and O–H groups in total. The van der Waals surface area contributed by atoms with Gasteiger partial charge in [-0.1, -0.05) is 23.2 Å². The molecule has 136 valence electrons. The van der Waals surface area contributed by atoms with Crippen LogP contribution < -0.4 is 5.32 Å². The summed E-state index contributed by atoms with van der Waals surface area (Å²) in [5.41, 5.74) is 0.717. The summed E-state index contributed by atoms with van der Waals surface area (Å²) >= 11 is 11.9. The number of hydrogen-bond donors (Lipinski definition) is 1. The van der Waals surface area contributed by atoms with Crippen LogP contribution in [0.4, 0.5) is 0 Å². The van der Waals surface area contributed by atoms with E-state index in [1.54, 1.807) is 30.3 Å². The van der Waals surface area contributed by atoms with E-state index in [9.17, 15) is 10.1 Å². The predicted molar refractivity (Wildman–Crippen MR) is 102 cm³/mol. The molecule has 26 heavy (non-hydrogen) atoms. The average Bonchev–Trinajstić information content (AvgIpc) is 3.10. The zero-order valence-corrected chi connectivity index (χ0v) is 15.7. The Morgan fingerprint density at radius 2 is 2.12 bits per heavy atom. The van der Waals surface area contributed by atoms with Gasteiger partial charge >= 0.3 is 0 Å². The molecule has 2 aromatic rings. The highest BCUT2D eigenvalue weighted by Gasteiger charge is 2.11. The second-order valence-electron chi connectivity index (χ2n) is 5.31. The fraction of sp³-hybridized carbons (Fsp3) is 0.263. The van der Waals surface area contributed by atoms with Crippen LogP contribution in [0.1, 0.15) is 19.1 Å². The van der Waals surface area contributed by atoms with Crippen molar-refractivity contribution in [3.05, 3.63) is 51.7 Å². The SMILES string of the molecule is CCOCCCNC(=O)/C(C#N)=C/c1ccc(-c2ccc(Cl)c(Cl)c2)o1. The minimum Gasteiger partial charge on any atom is -0.457 e. The van der Waals surface area contributed by atoms with Crippen molar-refractivity contribution in [3.63, 3.8) is 0 Å². The van der Waals surface area contributed by atoms with Crippen LogP contribution in [-0.4, -0.2) is 25.7 Å². The van der Waals surface area contributed by atoms with E-state index >= 15 is 0 Å². The Labute approximate surface area is 162 Å². The molecule has 1 aromatic heterocycles. The summed E-state index contributed by atoms with van der Waals surface area (Å²) in [5, 5.41) is 12.8. The van der Waals surface area contributed by atoms with Crippen molar-refractivity contribution in [1.29, 1.82) is 5.26 Å². The number of carbonyl (C=O) groups excluding carboxylic acids is 1. The first-order chi connectivity index (χ1) is 12.5. The molecule has 0 aliphatic heterocycles. The van der Waals surface area contributed by atoms with Crippen LogP contribution in [0.15, 0.2) is 40.3 Å². The van der Waals surface area contributed by atoms with E-state index in [1.165, 1.54) is 6.08 Å². The lowest BCUT2D eigenvalue weighted by atomic mass is 10.2. The van der Waals surface area contributed by atoms with Crippen LogP contribution in [0.5, 0.6) is 0 Å². The summed E-state index contributed by atoms with van der Waals surface area (Å²) in [6.07, 6.45) is 2.08. The van der Waals surface area contributed by atoms with Crippen molar-refractivity contribution in [2.24, 2.45) is 0 Å². The molecule has 1 aromatic carbocycles. The number of hydrogen-bond acceptors (Lipinski definition) is 4. The Morgan fingerprint density at radius 1 is 1.31 bits per heavy atom. The molecule has 0 aliphatic carbocycles. The molecular weight excluding hydrogens is 375 g/mol. The van der Waals surface area contributed by atoms with E-state index in [0.717, 1.165) is 5.56 Å². The van der Waals surface area contributed by atoms with Gasteiger partial charge in [0.2, 0.25) is 0 Å². The van der Waals surface area contributed by atoms with Gasteiger partial charge in [-0.25, -0.2) is 0 Å². The number of amides is 1. The monoisotopic (exact) mass is 392 g/mol. The smallest absolute Gasteiger partial charge is 0.262 e. The van der Waals surface area contributed by atoms with E-state index in [1.807, 2.05) is 13.0 Å². The fourth-order valence-corrected chi connectivity index (χ4v) is 2.44. The van der Waals surface area contributed by atoms with Crippen LogP contribution >= 0.6 is 23.2 Å². The molecule has 2 rings (SSSR count). The number of rotatable bonds is 8. The lowest BCUT2D eigenvalue weighted by Crippen LogP contribution is -2.26. The van der Waals surface area contributed by atoms with Gasteiger partial charge in [-0.2, -0.15) is 5.26 Å². The Bertz CT molecular complexity index is 838. The summed E-state index contributed by atoms with van der Waals surface area (Å²) in [7, 11) is 0. The second-order valence-corrected chi connectivity index (χ2v) is 6.12. The van der Waals surface area contributed by atoms with Gasteiger partial charge in [-0.05, 0) is 43.7 Å². The van der Waals surface area contributed by atoms with Crippen molar-refractivity contribution in [2.75, 3.05) is 19.8 Å². The summed E-state index contributed by atoms with van der Waals surface area (Å²) in [6.45, 7) is 3.54. The van der Waals surface area contributed by atoms with E-state index in [0.29, 0.717) is 47.7 Å². The first-order valence-electron chi connectivity index (χ1n) is 8.08. The van der Waals surface area contributed by atoms with Crippen LogP contribution in [0.2, 0.25) is 10.0 Å². The molecule has 0 spiro atoms. The molecule has 5 nitrogen and oxygen atoms in total. The summed E-state index contributed by atoms with van der Waals surface area (Å²) < 4.78 is 10.9. The fourth-order valence-electron chi connectivity index (χ4n) is 2.14. The average molecular weight is 393 g/mol. The number of nitrogens with zero attached hydrogens (tertiary/aromatic N) is 1. The van der Waals surface area contributed by atoms with Gasteiger partial charge in [0.25, 0.3) is 5.91 Å². The summed E-state index contributed by atoms with van der Waals surface area (Å²) in [6, 6.07) is 10.4. The van der Waals surface area contributed by atoms with E-state index in [-0.39, 0.29) is 5.57 Å². The zero-order valence-electron chi connectivity index (χ0n) is 14.2. The number of nitriles is 1. The molecular formula is C19H18Cl2N2O3. The molecule has 0 unspecified atom stereocenters. The van der Waals surface area contributed by atoms with Gasteiger partial charge < -0.3 is 14.5 Å². The van der Waals surface area contributed by atoms with Crippen LogP contribution in [0.25, 0.3) is 17.4 Å². The maximum atomic E-state index is 12.1. The minimum absolute atomic E-state index is 0.0311. The van der Waals surface area contributed by atoms with Crippen molar-refractivity contribution in [1.82, 2.24) is 5.32 Å². The molecule has 1 amide bonds. The van der Waals surface area contributed by atoms with Crippen molar-refractivity contribution in [2.45, 2.75) is 13.3 Å². The maximum absolute atomic E-state index is 12.1. The van der Waals surface area contributed by atoms with Gasteiger partial charge in [-0.3, -0.25) is 4.79 Å². The molecule has 0 radical (unpaired) electrons. The Morgan fingerprint density at radius 3 is 2.81 bits per heavy atom. The van der Waals surface area contributed by atoms with Crippen LogP contribution in [-0.2, 0) is 9.53 Å². The molecule has 1 heterocycles. The number of halogens is 2. The first kappa shape index (κ1) is 20.1. The van der Waals surface area contributed by atoms with Gasteiger partial charge in [0.05, 0.1) is 10.0 Å². The minimum atomic E-state index is -0.448. The maximum Gasteiger partial charge on any atom is 0.262 e. The van der Waals surface area contributed by atoms with Crippen LogP contribution in [0.3, 0.4) is 0 Å². The zero-order chi connectivity index (χ0) is 18.9. The number of carbonyl (C=O) groups is 1. The van der Waals surface area contributed by atoms with Gasteiger partial charge in [0, 0.05) is 31.4 Å². The number of furan rings is 1. The quantitative estimate of drug-likeness (QED) is 0.401. The molecule has 0 aliphatic rings. The highest BCUT2D eigenvalue weighted by atomic mass is 35.5. The lowest BCUT2D eigenvalue weighted by Gasteiger charge is -2.04. The van der Waals surface area contributed by atoms with E-state index in [2.05, 4.69) is 5.32 Å². The highest BCUT2D eigenvalue weighted by Crippen LogP contribution is 2.30. The first-order valence-corrected chi connectivity index (χ1v) is 8.83. The Balaban J connectivity index is 2.05. The summed E-state index contributed by atoms with van der Waals surface area (Å²) in [5.74, 6) is 0.507. The summed E-state index contributed by atoms with van der Waals surface area (Å²) in [4.78, 5) is 12.1. The molecule has 0 saturated carbocycles. The topological polar surface area (TPSA) is 75.3 Å². The predicted octanol–water partition coefficient (Wildman–Crippen LogP) is 4.70. The largest absolute Gasteiger partial charge is 0.457 e. The second kappa shape index (κ2) is 10.0. The molecule has 7 heteroatoms. The Hall–Kier alpha value is -2.26. The standard InChI is InChI=1S/C19H18Cl2N2O3/c1-2-25-9-3-8-23-19(24)14(12-22)10-15-5-7-18(26-15)13-4-6-16(20)17(21)11-13/h4-7,10-11H,2-3,8-9H2,1H3,(H,23,24)/b14-10+. The molecule has 0 saturated heterocycles.